The van der Waals surface area contributed by atoms with Crippen molar-refractivity contribution in [2.75, 3.05) is 13.1 Å². The van der Waals surface area contributed by atoms with Gasteiger partial charge in [-0.3, -0.25) is 4.79 Å². The Morgan fingerprint density at radius 1 is 1.25 bits per heavy atom. The Labute approximate surface area is 169 Å². The fourth-order valence-corrected chi connectivity index (χ4v) is 4.76. The van der Waals surface area contributed by atoms with Crippen molar-refractivity contribution in [2.45, 2.75) is 19.3 Å². The molecule has 1 aromatic carbocycles. The molecule has 0 bridgehead atoms. The van der Waals surface area contributed by atoms with E-state index < -0.39 is 0 Å². The van der Waals surface area contributed by atoms with Crippen LogP contribution in [0.3, 0.4) is 0 Å². The predicted octanol–water partition coefficient (Wildman–Crippen LogP) is 3.90. The van der Waals surface area contributed by atoms with E-state index in [1.807, 2.05) is 39.9 Å². The first kappa shape index (κ1) is 17.4. The SMILES string of the molecule is O=C(c1ccc2nsnc2c1)N1CCC[C@@H](Cc2nc(-c3ccsc3)no2)C1. The number of nitrogens with zero attached hydrogens (tertiary/aromatic N) is 5. The average Bonchev–Trinajstić information content (AvgIpc) is 3.47. The Bertz CT molecular complexity index is 1100. The highest BCUT2D eigenvalue weighted by Gasteiger charge is 2.26. The molecule has 9 heteroatoms. The zero-order valence-electron chi connectivity index (χ0n) is 14.9. The van der Waals surface area contributed by atoms with Crippen LogP contribution >= 0.6 is 23.1 Å². The van der Waals surface area contributed by atoms with Gasteiger partial charge in [0.15, 0.2) is 0 Å². The van der Waals surface area contributed by atoms with Gasteiger partial charge in [-0.1, -0.05) is 5.16 Å². The van der Waals surface area contributed by atoms with Gasteiger partial charge < -0.3 is 9.42 Å². The highest BCUT2D eigenvalue weighted by molar-refractivity contribution is 7.08. The maximum atomic E-state index is 13.0. The van der Waals surface area contributed by atoms with E-state index in [2.05, 4.69) is 18.9 Å². The van der Waals surface area contributed by atoms with Crippen LogP contribution in [0.1, 0.15) is 29.1 Å². The van der Waals surface area contributed by atoms with Crippen LogP contribution in [0.4, 0.5) is 0 Å². The normalized spacial score (nSPS) is 17.3. The molecule has 3 aromatic heterocycles. The summed E-state index contributed by atoms with van der Waals surface area (Å²) in [6.07, 6.45) is 2.72. The fraction of sp³-hybridized carbons (Fsp3) is 0.316. The van der Waals surface area contributed by atoms with Crippen molar-refractivity contribution in [3.05, 3.63) is 46.5 Å². The molecule has 0 radical (unpaired) electrons. The molecular weight excluding hydrogens is 394 g/mol. The van der Waals surface area contributed by atoms with Gasteiger partial charge in [0.2, 0.25) is 11.7 Å². The lowest BCUT2D eigenvalue weighted by Gasteiger charge is -2.32. The monoisotopic (exact) mass is 411 g/mol. The minimum absolute atomic E-state index is 0.0455. The molecule has 1 fully saturated rings. The summed E-state index contributed by atoms with van der Waals surface area (Å²) in [5.41, 5.74) is 3.25. The number of hydrogen-bond donors (Lipinski definition) is 0. The van der Waals surface area contributed by atoms with Crippen LogP contribution in [-0.2, 0) is 6.42 Å². The molecule has 0 aliphatic carbocycles. The summed E-state index contributed by atoms with van der Waals surface area (Å²) < 4.78 is 13.9. The summed E-state index contributed by atoms with van der Waals surface area (Å²) in [6, 6.07) is 7.50. The summed E-state index contributed by atoms with van der Waals surface area (Å²) in [6.45, 7) is 1.47. The van der Waals surface area contributed by atoms with Gasteiger partial charge in [0.1, 0.15) is 11.0 Å². The molecule has 0 N–H and O–H groups in total. The fourth-order valence-electron chi connectivity index (χ4n) is 3.61. The van der Waals surface area contributed by atoms with E-state index in [0.717, 1.165) is 47.7 Å². The average molecular weight is 412 g/mol. The number of benzene rings is 1. The number of aromatic nitrogens is 4. The molecule has 0 unspecified atom stereocenters. The molecule has 4 heterocycles. The number of rotatable bonds is 4. The Morgan fingerprint density at radius 2 is 2.18 bits per heavy atom. The van der Waals surface area contributed by atoms with Crippen LogP contribution in [0.2, 0.25) is 0 Å². The largest absolute Gasteiger partial charge is 0.339 e. The second-order valence-corrected chi connectivity index (χ2v) is 8.26. The second-order valence-electron chi connectivity index (χ2n) is 6.96. The number of amides is 1. The molecule has 7 nitrogen and oxygen atoms in total. The molecule has 1 amide bonds. The maximum Gasteiger partial charge on any atom is 0.253 e. The van der Waals surface area contributed by atoms with Crippen LogP contribution in [0, 0.1) is 5.92 Å². The first-order valence-electron chi connectivity index (χ1n) is 9.13. The molecule has 142 valence electrons. The van der Waals surface area contributed by atoms with E-state index in [0.29, 0.717) is 36.2 Å². The quantitative estimate of drug-likeness (QED) is 0.506. The Kier molecular flexibility index (Phi) is 4.61. The molecule has 0 saturated carbocycles. The van der Waals surface area contributed by atoms with Crippen molar-refractivity contribution >= 4 is 40.0 Å². The van der Waals surface area contributed by atoms with Gasteiger partial charge in [-0.05, 0) is 48.4 Å². The molecule has 1 atom stereocenters. The van der Waals surface area contributed by atoms with Crippen LogP contribution < -0.4 is 0 Å². The first-order valence-corrected chi connectivity index (χ1v) is 10.8. The van der Waals surface area contributed by atoms with Crippen molar-refractivity contribution in [3.8, 4) is 11.4 Å². The van der Waals surface area contributed by atoms with E-state index >= 15 is 0 Å². The van der Waals surface area contributed by atoms with E-state index in [1.54, 1.807) is 11.3 Å². The van der Waals surface area contributed by atoms with E-state index in [1.165, 1.54) is 0 Å². The van der Waals surface area contributed by atoms with Crippen LogP contribution in [0.25, 0.3) is 22.4 Å². The molecule has 0 spiro atoms. The third-order valence-corrected chi connectivity index (χ3v) is 6.26. The van der Waals surface area contributed by atoms with Gasteiger partial charge in [0.05, 0.1) is 11.7 Å². The van der Waals surface area contributed by atoms with Crippen LogP contribution in [0.5, 0.6) is 0 Å². The number of carbonyl (C=O) groups excluding carboxylic acids is 1. The summed E-state index contributed by atoms with van der Waals surface area (Å²) in [7, 11) is 0. The zero-order chi connectivity index (χ0) is 18.9. The molecule has 5 rings (SSSR count). The van der Waals surface area contributed by atoms with Crippen molar-refractivity contribution in [1.29, 1.82) is 0 Å². The molecule has 1 saturated heterocycles. The summed E-state index contributed by atoms with van der Waals surface area (Å²) in [4.78, 5) is 19.4. The van der Waals surface area contributed by atoms with E-state index in [9.17, 15) is 4.79 Å². The molecule has 1 aliphatic heterocycles. The lowest BCUT2D eigenvalue weighted by molar-refractivity contribution is 0.0668. The van der Waals surface area contributed by atoms with E-state index in [-0.39, 0.29) is 5.91 Å². The highest BCUT2D eigenvalue weighted by Crippen LogP contribution is 2.24. The highest BCUT2D eigenvalue weighted by atomic mass is 32.1. The standard InChI is InChI=1S/C19H17N5O2S2/c25-19(13-3-4-15-16(9-13)23-28-22-15)24-6-1-2-12(10-24)8-17-20-18(21-26-17)14-5-7-27-11-14/h3-5,7,9,11-12H,1-2,6,8,10H2/t12-/m0/s1. The minimum Gasteiger partial charge on any atom is -0.339 e. The molecular formula is C19H17N5O2S2. The number of likely N-dealkylation sites (tertiary alicyclic amines) is 1. The van der Waals surface area contributed by atoms with Crippen molar-refractivity contribution in [2.24, 2.45) is 5.92 Å². The van der Waals surface area contributed by atoms with Gasteiger partial charge in [-0.2, -0.15) is 25.1 Å². The first-order chi connectivity index (χ1) is 13.8. The third kappa shape index (κ3) is 3.43. The summed E-state index contributed by atoms with van der Waals surface area (Å²) in [5.74, 6) is 1.63. The Hall–Kier alpha value is -2.65. The molecule has 4 aromatic rings. The summed E-state index contributed by atoms with van der Waals surface area (Å²) >= 11 is 2.77. The minimum atomic E-state index is 0.0455. The third-order valence-electron chi connectivity index (χ3n) is 5.02. The van der Waals surface area contributed by atoms with Crippen LogP contribution in [-0.4, -0.2) is 42.8 Å². The Balaban J connectivity index is 1.27. The molecule has 1 aliphatic rings. The van der Waals surface area contributed by atoms with Gasteiger partial charge in [-0.25, -0.2) is 0 Å². The van der Waals surface area contributed by atoms with Gasteiger partial charge in [0, 0.05) is 36.0 Å². The number of thiophene rings is 1. The molecule has 28 heavy (non-hydrogen) atoms. The zero-order valence-corrected chi connectivity index (χ0v) is 16.6. The predicted molar refractivity (Wildman–Crippen MR) is 107 cm³/mol. The van der Waals surface area contributed by atoms with Crippen molar-refractivity contribution in [1.82, 2.24) is 23.8 Å². The topological polar surface area (TPSA) is 85.0 Å². The van der Waals surface area contributed by atoms with Crippen molar-refractivity contribution < 1.29 is 9.32 Å². The van der Waals surface area contributed by atoms with Gasteiger partial charge in [0.25, 0.3) is 5.91 Å². The second kappa shape index (κ2) is 7.40. The van der Waals surface area contributed by atoms with E-state index in [4.69, 9.17) is 4.52 Å². The Morgan fingerprint density at radius 3 is 3.07 bits per heavy atom. The lowest BCUT2D eigenvalue weighted by atomic mass is 9.94. The summed E-state index contributed by atoms with van der Waals surface area (Å²) in [5, 5.41) is 8.08. The number of carbonyl (C=O) groups is 1. The maximum absolute atomic E-state index is 13.0. The van der Waals surface area contributed by atoms with Gasteiger partial charge in [-0.15, -0.1) is 0 Å². The van der Waals surface area contributed by atoms with Gasteiger partial charge >= 0.3 is 0 Å². The van der Waals surface area contributed by atoms with Crippen molar-refractivity contribution in [3.63, 3.8) is 0 Å². The number of piperidine rings is 1. The lowest BCUT2D eigenvalue weighted by Crippen LogP contribution is -2.40. The number of hydrogen-bond acceptors (Lipinski definition) is 8. The smallest absolute Gasteiger partial charge is 0.253 e. The number of fused-ring (bicyclic) bond motifs is 1. The van der Waals surface area contributed by atoms with Crippen LogP contribution in [0.15, 0.2) is 39.5 Å².